The molecule has 0 aromatic heterocycles. The molecule has 0 saturated heterocycles. The van der Waals surface area contributed by atoms with E-state index in [0.717, 1.165) is 24.0 Å². The fourth-order valence-electron chi connectivity index (χ4n) is 5.24. The average Bonchev–Trinajstić information content (AvgIpc) is 2.70. The first-order valence-corrected chi connectivity index (χ1v) is 10.2. The Morgan fingerprint density at radius 2 is 1.96 bits per heavy atom. The minimum absolute atomic E-state index is 0.124. The van der Waals surface area contributed by atoms with Crippen molar-refractivity contribution in [2.75, 3.05) is 12.4 Å². The van der Waals surface area contributed by atoms with E-state index in [2.05, 4.69) is 12.2 Å². The number of rotatable bonds is 2. The maximum Gasteiger partial charge on any atom is 0.311 e. The van der Waals surface area contributed by atoms with Gasteiger partial charge in [-0.15, -0.1) is 0 Å². The molecular formula is C21H27Cl2NO3. The summed E-state index contributed by atoms with van der Waals surface area (Å²) in [6.45, 7) is 8.10. The fourth-order valence-corrected chi connectivity index (χ4v) is 6.18. The van der Waals surface area contributed by atoms with Crippen molar-refractivity contribution in [1.29, 1.82) is 0 Å². The van der Waals surface area contributed by atoms with Gasteiger partial charge in [0.25, 0.3) is 0 Å². The lowest BCUT2D eigenvalue weighted by Gasteiger charge is -2.50. The number of nitrogens with one attached hydrogen (secondary N) is 1. The van der Waals surface area contributed by atoms with E-state index < -0.39 is 10.8 Å². The van der Waals surface area contributed by atoms with Crippen molar-refractivity contribution < 1.29 is 14.3 Å². The summed E-state index contributed by atoms with van der Waals surface area (Å²) in [5, 5.41) is 4.12. The molecule has 1 heterocycles. The molecule has 1 aromatic carbocycles. The number of methoxy groups -OCH3 is 1. The SMILES string of the molecule is COC(=O)C1(C)CCCC2(C)c3cc(Cl)c(C(C)C)c(Cl)c3NC(=O)CC12. The van der Waals surface area contributed by atoms with Crippen molar-refractivity contribution in [3.8, 4) is 0 Å². The van der Waals surface area contributed by atoms with Crippen molar-refractivity contribution in [2.24, 2.45) is 11.3 Å². The highest BCUT2D eigenvalue weighted by Gasteiger charge is 2.56. The number of esters is 1. The number of hydrogen-bond donors (Lipinski definition) is 1. The first-order valence-electron chi connectivity index (χ1n) is 9.47. The fraction of sp³-hybridized carbons (Fsp3) is 0.619. The van der Waals surface area contributed by atoms with Crippen LogP contribution in [0.4, 0.5) is 5.69 Å². The van der Waals surface area contributed by atoms with E-state index >= 15 is 0 Å². The van der Waals surface area contributed by atoms with Gasteiger partial charge in [0.1, 0.15) is 0 Å². The molecule has 3 atom stereocenters. The molecule has 3 unspecified atom stereocenters. The van der Waals surface area contributed by atoms with Crippen LogP contribution in [0.5, 0.6) is 0 Å². The number of ether oxygens (including phenoxy) is 1. The molecule has 27 heavy (non-hydrogen) atoms. The van der Waals surface area contributed by atoms with Gasteiger partial charge in [0, 0.05) is 11.4 Å². The highest BCUT2D eigenvalue weighted by Crippen LogP contribution is 2.58. The van der Waals surface area contributed by atoms with Crippen molar-refractivity contribution >= 4 is 40.8 Å². The number of benzene rings is 1. The summed E-state index contributed by atoms with van der Waals surface area (Å²) in [6.07, 6.45) is 2.68. The molecule has 1 amide bonds. The number of fused-ring (bicyclic) bond motifs is 3. The Balaban J connectivity index is 2.27. The Morgan fingerprint density at radius 3 is 2.56 bits per heavy atom. The lowest BCUT2D eigenvalue weighted by molar-refractivity contribution is -0.161. The first-order chi connectivity index (χ1) is 12.6. The van der Waals surface area contributed by atoms with Gasteiger partial charge in [0.2, 0.25) is 5.91 Å². The summed E-state index contributed by atoms with van der Waals surface area (Å²) in [5.74, 6) is -0.443. The molecule has 0 radical (unpaired) electrons. The van der Waals surface area contributed by atoms with Crippen LogP contribution in [-0.4, -0.2) is 19.0 Å². The van der Waals surface area contributed by atoms with Crippen molar-refractivity contribution in [3.63, 3.8) is 0 Å². The summed E-state index contributed by atoms with van der Waals surface area (Å²) in [5.41, 5.74) is 1.28. The van der Waals surface area contributed by atoms with Crippen molar-refractivity contribution in [2.45, 2.75) is 64.7 Å². The predicted molar refractivity (Wildman–Crippen MR) is 109 cm³/mol. The summed E-state index contributed by atoms with van der Waals surface area (Å²) >= 11 is 13.3. The molecule has 1 aliphatic heterocycles. The first kappa shape index (κ1) is 20.5. The number of halogens is 2. The van der Waals surface area contributed by atoms with Gasteiger partial charge in [0.15, 0.2) is 0 Å². The van der Waals surface area contributed by atoms with Gasteiger partial charge < -0.3 is 10.1 Å². The molecule has 148 valence electrons. The highest BCUT2D eigenvalue weighted by atomic mass is 35.5. The summed E-state index contributed by atoms with van der Waals surface area (Å²) in [4.78, 5) is 25.5. The Morgan fingerprint density at radius 1 is 1.30 bits per heavy atom. The van der Waals surface area contributed by atoms with E-state index in [0.29, 0.717) is 22.2 Å². The Bertz CT molecular complexity index is 807. The summed E-state index contributed by atoms with van der Waals surface area (Å²) in [7, 11) is 1.41. The molecular weight excluding hydrogens is 385 g/mol. The zero-order valence-corrected chi connectivity index (χ0v) is 18.1. The quantitative estimate of drug-likeness (QED) is 0.635. The van der Waals surface area contributed by atoms with Crippen LogP contribution < -0.4 is 5.32 Å². The van der Waals surface area contributed by atoms with Gasteiger partial charge in [-0.3, -0.25) is 9.59 Å². The average molecular weight is 412 g/mol. The van der Waals surface area contributed by atoms with Crippen LogP contribution in [0.15, 0.2) is 6.07 Å². The molecule has 6 heteroatoms. The van der Waals surface area contributed by atoms with Gasteiger partial charge in [-0.2, -0.15) is 0 Å². The van der Waals surface area contributed by atoms with Crippen LogP contribution in [0.2, 0.25) is 10.0 Å². The third-order valence-corrected chi connectivity index (χ3v) is 7.39. The van der Waals surface area contributed by atoms with E-state index in [1.165, 1.54) is 7.11 Å². The molecule has 1 fully saturated rings. The second kappa shape index (κ2) is 6.97. The minimum Gasteiger partial charge on any atom is -0.469 e. The van der Waals surface area contributed by atoms with Crippen LogP contribution >= 0.6 is 23.2 Å². The molecule has 4 nitrogen and oxygen atoms in total. The topological polar surface area (TPSA) is 55.4 Å². The maximum atomic E-state index is 12.8. The standard InChI is InChI=1S/C21H27Cl2NO3/c1-11(2)16-13(22)9-12-18(17(16)23)24-15(25)10-14-20(12,3)7-6-8-21(14,4)19(26)27-5/h9,11,14H,6-8,10H2,1-5H3,(H,24,25). The molecule has 2 aliphatic rings. The van der Waals surface area contributed by atoms with E-state index in [4.69, 9.17) is 27.9 Å². The van der Waals surface area contributed by atoms with Crippen LogP contribution in [-0.2, 0) is 19.7 Å². The van der Waals surface area contributed by atoms with E-state index in [1.807, 2.05) is 26.8 Å². The number of carbonyl (C=O) groups is 2. The summed E-state index contributed by atoms with van der Waals surface area (Å²) < 4.78 is 5.13. The van der Waals surface area contributed by atoms with Crippen LogP contribution in [0.25, 0.3) is 0 Å². The molecule has 0 bridgehead atoms. The van der Waals surface area contributed by atoms with E-state index in [9.17, 15) is 9.59 Å². The van der Waals surface area contributed by atoms with Crippen LogP contribution in [0, 0.1) is 11.3 Å². The third kappa shape index (κ3) is 3.05. The minimum atomic E-state index is -0.726. The predicted octanol–water partition coefficient (Wildman–Crippen LogP) is 5.70. The Hall–Kier alpha value is -1.26. The molecule has 1 saturated carbocycles. The highest BCUT2D eigenvalue weighted by molar-refractivity contribution is 6.38. The molecule has 0 spiro atoms. The van der Waals surface area contributed by atoms with Gasteiger partial charge in [-0.1, -0.05) is 50.4 Å². The lowest BCUT2D eigenvalue weighted by atomic mass is 9.53. The van der Waals surface area contributed by atoms with Crippen LogP contribution in [0.3, 0.4) is 0 Å². The van der Waals surface area contributed by atoms with E-state index in [-0.39, 0.29) is 30.1 Å². The lowest BCUT2D eigenvalue weighted by Crippen LogP contribution is -2.50. The largest absolute Gasteiger partial charge is 0.469 e. The monoisotopic (exact) mass is 411 g/mol. The van der Waals surface area contributed by atoms with Gasteiger partial charge in [-0.25, -0.2) is 0 Å². The molecule has 1 aromatic rings. The number of amides is 1. The number of anilines is 1. The molecule has 1 N–H and O–H groups in total. The molecule has 3 rings (SSSR count). The third-order valence-electron chi connectivity index (χ3n) is 6.68. The van der Waals surface area contributed by atoms with Gasteiger partial charge >= 0.3 is 5.97 Å². The zero-order chi connectivity index (χ0) is 20.1. The van der Waals surface area contributed by atoms with Gasteiger partial charge in [-0.05, 0) is 54.2 Å². The number of hydrogen-bond acceptors (Lipinski definition) is 3. The Kier molecular flexibility index (Phi) is 5.28. The normalized spacial score (nSPS) is 30.2. The second-order valence-corrected chi connectivity index (χ2v) is 9.43. The van der Waals surface area contributed by atoms with Crippen LogP contribution in [0.1, 0.15) is 70.4 Å². The van der Waals surface area contributed by atoms with Gasteiger partial charge in [0.05, 0.1) is 23.2 Å². The maximum absolute atomic E-state index is 12.8. The number of carbonyl (C=O) groups excluding carboxylic acids is 2. The van der Waals surface area contributed by atoms with Crippen molar-refractivity contribution in [3.05, 3.63) is 27.2 Å². The van der Waals surface area contributed by atoms with Crippen molar-refractivity contribution in [1.82, 2.24) is 0 Å². The smallest absolute Gasteiger partial charge is 0.311 e. The summed E-state index contributed by atoms with van der Waals surface area (Å²) in [6, 6.07) is 1.94. The Labute approximate surface area is 170 Å². The molecule has 1 aliphatic carbocycles. The zero-order valence-electron chi connectivity index (χ0n) is 16.5. The second-order valence-electron chi connectivity index (χ2n) is 8.65. The van der Waals surface area contributed by atoms with E-state index in [1.54, 1.807) is 0 Å².